The number of aliphatic imine (C=N–C) groups is 1. The fraction of sp³-hybridized carbons (Fsp3) is 0.562. The van der Waals surface area contributed by atoms with E-state index in [1.165, 1.54) is 10.6 Å². The molecule has 110 valence electrons. The summed E-state index contributed by atoms with van der Waals surface area (Å²) in [5.74, 6) is 0.892. The van der Waals surface area contributed by atoms with Gasteiger partial charge >= 0.3 is 0 Å². The average Bonchev–Trinajstić information content (AvgIpc) is 2.69. The van der Waals surface area contributed by atoms with Gasteiger partial charge in [-0.25, -0.2) is 0 Å². The molecule has 2 unspecified atom stereocenters. The van der Waals surface area contributed by atoms with E-state index in [0.29, 0.717) is 0 Å². The zero-order chi connectivity index (χ0) is 14.8. The topological polar surface area (TPSA) is 35.8 Å². The van der Waals surface area contributed by atoms with Crippen LogP contribution in [-0.2, 0) is 5.75 Å². The van der Waals surface area contributed by atoms with Crippen LogP contribution in [0.15, 0.2) is 35.3 Å². The van der Waals surface area contributed by atoms with Crippen LogP contribution in [-0.4, -0.2) is 26.5 Å². The number of benzene rings is 1. The van der Waals surface area contributed by atoms with Gasteiger partial charge in [0.05, 0.1) is 10.6 Å². The summed E-state index contributed by atoms with van der Waals surface area (Å²) >= 11 is 1.74. The molecule has 0 saturated heterocycles. The number of hydrogen-bond acceptors (Lipinski definition) is 4. The van der Waals surface area contributed by atoms with E-state index in [0.717, 1.165) is 23.6 Å². The standard InChI is InChI=1S/C16H24N2OS/c1-5-15(3)14(17-16(4,6-2)18(15)19)20-12-13-10-8-7-9-11-13/h7-11,19H,5-6,12H2,1-4H3. The predicted molar refractivity (Wildman–Crippen MR) is 86.2 cm³/mol. The van der Waals surface area contributed by atoms with Gasteiger partial charge in [-0.3, -0.25) is 4.99 Å². The highest BCUT2D eigenvalue weighted by Crippen LogP contribution is 2.41. The van der Waals surface area contributed by atoms with E-state index in [1.807, 2.05) is 13.0 Å². The van der Waals surface area contributed by atoms with Crippen LogP contribution in [0.4, 0.5) is 0 Å². The second-order valence-electron chi connectivity index (χ2n) is 5.70. The minimum atomic E-state index is -0.496. The van der Waals surface area contributed by atoms with E-state index >= 15 is 0 Å². The highest BCUT2D eigenvalue weighted by molar-refractivity contribution is 8.13. The van der Waals surface area contributed by atoms with Crippen LogP contribution in [0.5, 0.6) is 0 Å². The number of thioether (sulfide) groups is 1. The SMILES string of the molecule is CCC1(C)N=C(SCc2ccccc2)C(C)(CC)N1O. The lowest BCUT2D eigenvalue weighted by molar-refractivity contribution is -0.199. The van der Waals surface area contributed by atoms with Gasteiger partial charge in [-0.15, -0.1) is 11.8 Å². The van der Waals surface area contributed by atoms with Crippen LogP contribution in [0, 0.1) is 0 Å². The first-order valence-corrected chi connectivity index (χ1v) is 8.21. The molecule has 1 aliphatic heterocycles. The first-order chi connectivity index (χ1) is 9.46. The molecule has 1 aromatic carbocycles. The third-order valence-electron chi connectivity index (χ3n) is 4.30. The van der Waals surface area contributed by atoms with Crippen molar-refractivity contribution in [3.8, 4) is 0 Å². The molecule has 0 spiro atoms. The number of hydrogen-bond donors (Lipinski definition) is 1. The Balaban J connectivity index is 2.18. The minimum absolute atomic E-state index is 0.371. The molecule has 0 fully saturated rings. The smallest absolute Gasteiger partial charge is 0.134 e. The van der Waals surface area contributed by atoms with Crippen molar-refractivity contribution in [2.24, 2.45) is 4.99 Å². The molecule has 20 heavy (non-hydrogen) atoms. The third-order valence-corrected chi connectivity index (χ3v) is 5.59. The van der Waals surface area contributed by atoms with Crippen molar-refractivity contribution >= 4 is 16.8 Å². The van der Waals surface area contributed by atoms with Crippen molar-refractivity contribution < 1.29 is 5.21 Å². The highest BCUT2D eigenvalue weighted by atomic mass is 32.2. The van der Waals surface area contributed by atoms with Crippen molar-refractivity contribution in [2.45, 2.75) is 57.5 Å². The largest absolute Gasteiger partial charge is 0.311 e. The maximum absolute atomic E-state index is 10.5. The summed E-state index contributed by atoms with van der Waals surface area (Å²) in [6.45, 7) is 8.23. The van der Waals surface area contributed by atoms with Crippen LogP contribution in [0.2, 0.25) is 0 Å². The van der Waals surface area contributed by atoms with E-state index in [2.05, 4.69) is 45.0 Å². The van der Waals surface area contributed by atoms with E-state index in [4.69, 9.17) is 4.99 Å². The molecule has 2 rings (SSSR count). The molecule has 0 saturated carbocycles. The Morgan fingerprint density at radius 1 is 1.15 bits per heavy atom. The summed E-state index contributed by atoms with van der Waals surface area (Å²) < 4.78 is 0. The molecule has 0 radical (unpaired) electrons. The fourth-order valence-corrected chi connectivity index (χ4v) is 3.75. The average molecular weight is 292 g/mol. The molecule has 0 bridgehead atoms. The summed E-state index contributed by atoms with van der Waals surface area (Å²) in [4.78, 5) is 4.81. The molecule has 0 aliphatic carbocycles. The van der Waals surface area contributed by atoms with Crippen molar-refractivity contribution in [3.63, 3.8) is 0 Å². The van der Waals surface area contributed by atoms with Gasteiger partial charge in [0.1, 0.15) is 5.66 Å². The molecule has 1 aromatic rings. The van der Waals surface area contributed by atoms with Crippen LogP contribution in [0.1, 0.15) is 46.1 Å². The first-order valence-electron chi connectivity index (χ1n) is 7.22. The molecular formula is C16H24N2OS. The molecule has 1 heterocycles. The summed E-state index contributed by atoms with van der Waals surface area (Å²) in [6, 6.07) is 10.4. The van der Waals surface area contributed by atoms with E-state index in [-0.39, 0.29) is 5.54 Å². The summed E-state index contributed by atoms with van der Waals surface area (Å²) in [5, 5.41) is 13.0. The Labute approximate surface area is 126 Å². The monoisotopic (exact) mass is 292 g/mol. The first kappa shape index (κ1) is 15.5. The van der Waals surface area contributed by atoms with Crippen LogP contribution >= 0.6 is 11.8 Å². The van der Waals surface area contributed by atoms with Gasteiger partial charge in [0.2, 0.25) is 0 Å². The van der Waals surface area contributed by atoms with Gasteiger partial charge in [0.25, 0.3) is 0 Å². The van der Waals surface area contributed by atoms with Crippen molar-refractivity contribution in [1.82, 2.24) is 5.06 Å². The van der Waals surface area contributed by atoms with Gasteiger partial charge in [0.15, 0.2) is 0 Å². The second-order valence-corrected chi connectivity index (χ2v) is 6.67. The molecule has 4 heteroatoms. The van der Waals surface area contributed by atoms with Gasteiger partial charge in [0, 0.05) is 5.75 Å². The highest BCUT2D eigenvalue weighted by Gasteiger charge is 2.50. The van der Waals surface area contributed by atoms with Gasteiger partial charge < -0.3 is 5.21 Å². The summed E-state index contributed by atoms with van der Waals surface area (Å²) in [7, 11) is 0. The zero-order valence-corrected chi connectivity index (χ0v) is 13.6. The number of nitrogens with zero attached hydrogens (tertiary/aromatic N) is 2. The maximum atomic E-state index is 10.5. The van der Waals surface area contributed by atoms with Gasteiger partial charge in [-0.2, -0.15) is 5.06 Å². The predicted octanol–water partition coefficient (Wildman–Crippen LogP) is 4.32. The molecular weight excluding hydrogens is 268 g/mol. The number of hydroxylamine groups is 2. The molecule has 3 nitrogen and oxygen atoms in total. The lowest BCUT2D eigenvalue weighted by Gasteiger charge is -2.37. The Kier molecular flexibility index (Phi) is 4.57. The maximum Gasteiger partial charge on any atom is 0.134 e. The van der Waals surface area contributed by atoms with Crippen LogP contribution in [0.25, 0.3) is 0 Å². The lowest BCUT2D eigenvalue weighted by atomic mass is 9.99. The van der Waals surface area contributed by atoms with E-state index in [1.54, 1.807) is 11.8 Å². The Bertz CT molecular complexity index is 491. The third kappa shape index (κ3) is 2.65. The summed E-state index contributed by atoms with van der Waals surface area (Å²) in [5.41, 5.74) is 0.418. The fourth-order valence-electron chi connectivity index (χ4n) is 2.45. The molecule has 2 atom stereocenters. The van der Waals surface area contributed by atoms with Crippen molar-refractivity contribution in [2.75, 3.05) is 0 Å². The summed E-state index contributed by atoms with van der Waals surface area (Å²) in [6.07, 6.45) is 1.65. The lowest BCUT2D eigenvalue weighted by Crippen LogP contribution is -2.52. The van der Waals surface area contributed by atoms with E-state index in [9.17, 15) is 5.21 Å². The molecule has 0 amide bonds. The van der Waals surface area contributed by atoms with Crippen LogP contribution in [0.3, 0.4) is 0 Å². The second kappa shape index (κ2) is 5.88. The number of rotatable bonds is 4. The van der Waals surface area contributed by atoms with Crippen molar-refractivity contribution in [1.29, 1.82) is 0 Å². The quantitative estimate of drug-likeness (QED) is 0.898. The van der Waals surface area contributed by atoms with E-state index < -0.39 is 5.66 Å². The zero-order valence-electron chi connectivity index (χ0n) is 12.8. The minimum Gasteiger partial charge on any atom is -0.311 e. The Morgan fingerprint density at radius 3 is 2.35 bits per heavy atom. The van der Waals surface area contributed by atoms with Gasteiger partial charge in [-0.1, -0.05) is 44.2 Å². The van der Waals surface area contributed by atoms with Gasteiger partial charge in [-0.05, 0) is 32.3 Å². The Morgan fingerprint density at radius 2 is 1.80 bits per heavy atom. The molecule has 1 aliphatic rings. The normalized spacial score (nSPS) is 30.6. The Hall–Kier alpha value is -0.840. The molecule has 0 aromatic heterocycles. The molecule has 1 N–H and O–H groups in total. The van der Waals surface area contributed by atoms with Crippen LogP contribution < -0.4 is 0 Å². The van der Waals surface area contributed by atoms with Crippen molar-refractivity contribution in [3.05, 3.63) is 35.9 Å².